The predicted octanol–water partition coefficient (Wildman–Crippen LogP) is 7.61. The quantitative estimate of drug-likeness (QED) is 0.0498. The van der Waals surface area contributed by atoms with Crippen LogP contribution in [0, 0.1) is 0 Å². The molecular weight excluding hydrogens is 793 g/mol. The lowest BCUT2D eigenvalue weighted by atomic mass is 9.85. The number of hydrogen-bond acceptors (Lipinski definition) is 9. The van der Waals surface area contributed by atoms with Crippen molar-refractivity contribution in [2.24, 2.45) is 0 Å². The van der Waals surface area contributed by atoms with Gasteiger partial charge >= 0.3 is 0 Å². The number of benzene rings is 5. The summed E-state index contributed by atoms with van der Waals surface area (Å²) in [5.41, 5.74) is 13.5. The number of likely N-dealkylation sites (tertiary alicyclic amines) is 1. The van der Waals surface area contributed by atoms with Gasteiger partial charge in [-0.3, -0.25) is 14.4 Å². The molecule has 3 amide bonds. The Morgan fingerprint density at radius 2 is 1.48 bits per heavy atom. The number of nitrogens with one attached hydrogen (secondary N) is 3. The second-order valence-corrected chi connectivity index (χ2v) is 16.9. The van der Waals surface area contributed by atoms with E-state index in [0.29, 0.717) is 56.7 Å². The van der Waals surface area contributed by atoms with Crippen LogP contribution in [-0.2, 0) is 37.0 Å². The molecule has 8 rings (SSSR count). The number of anilines is 3. The Bertz CT molecular complexity index is 2320. The van der Waals surface area contributed by atoms with E-state index in [4.69, 9.17) is 15.2 Å². The normalized spacial score (nSPS) is 19.7. The number of piperidine rings is 1. The number of nitrogens with two attached hydrogens (primary N) is 1. The van der Waals surface area contributed by atoms with Gasteiger partial charge in [-0.15, -0.1) is 0 Å². The Hall–Kier alpha value is -6.05. The monoisotopic (exact) mass is 850 g/mol. The van der Waals surface area contributed by atoms with Gasteiger partial charge in [-0.2, -0.15) is 0 Å². The summed E-state index contributed by atoms with van der Waals surface area (Å²) in [6.07, 6.45) is 4.21. The van der Waals surface area contributed by atoms with E-state index in [1.54, 1.807) is 12.1 Å². The molecule has 3 aliphatic rings. The van der Waals surface area contributed by atoms with Gasteiger partial charge in [-0.25, -0.2) is 0 Å². The molecule has 6 N–H and O–H groups in total. The van der Waals surface area contributed by atoms with Crippen molar-refractivity contribution in [1.29, 1.82) is 0 Å². The number of aliphatic hydroxyl groups excluding tert-OH is 1. The number of amides is 3. The highest BCUT2D eigenvalue weighted by molar-refractivity contribution is 5.94. The molecule has 5 aromatic rings. The van der Waals surface area contributed by atoms with Crippen molar-refractivity contribution < 1.29 is 29.0 Å². The zero-order chi connectivity index (χ0) is 43.6. The van der Waals surface area contributed by atoms with Crippen molar-refractivity contribution in [3.05, 3.63) is 150 Å². The topological polar surface area (TPSA) is 158 Å². The number of carbonyl (C=O) groups is 3. The highest BCUT2D eigenvalue weighted by Crippen LogP contribution is 2.40. The maximum absolute atomic E-state index is 13.3. The van der Waals surface area contributed by atoms with E-state index >= 15 is 0 Å². The Morgan fingerprint density at radius 3 is 2.22 bits per heavy atom. The summed E-state index contributed by atoms with van der Waals surface area (Å²) < 4.78 is 13.4. The Kier molecular flexibility index (Phi) is 14.1. The first-order valence-electron chi connectivity index (χ1n) is 22.2. The largest absolute Gasteiger partial charge is 0.397 e. The van der Waals surface area contributed by atoms with Gasteiger partial charge in [-0.1, -0.05) is 103 Å². The average molecular weight is 851 g/mol. The minimum Gasteiger partial charge on any atom is -0.397 e. The first-order chi connectivity index (χ1) is 30.8. The zero-order valence-electron chi connectivity index (χ0n) is 35.7. The minimum atomic E-state index is -0.585. The molecule has 1 spiro atoms. The van der Waals surface area contributed by atoms with Crippen LogP contribution in [0.2, 0.25) is 0 Å². The molecule has 63 heavy (non-hydrogen) atoms. The van der Waals surface area contributed by atoms with Crippen LogP contribution in [-0.4, -0.2) is 65.7 Å². The average Bonchev–Trinajstić information content (AvgIpc) is 3.64. The number of nitrogens with zero attached hydrogens (tertiary/aromatic N) is 2. The SMILES string of the molecule is Nc1ccccc1NC(=O)CCCCCC(=O)NCc1cccc(-c2ccc([C@@H]3O[C@H](CN4CCC5(CC4)C(=O)NCN5c4ccccc4)C[C@H](c4ccc(CO)cc4)O3)cc2)c1. The van der Waals surface area contributed by atoms with Gasteiger partial charge in [0.2, 0.25) is 17.7 Å². The molecule has 3 atom stereocenters. The van der Waals surface area contributed by atoms with Crippen molar-refractivity contribution in [1.82, 2.24) is 15.5 Å². The predicted molar refractivity (Wildman–Crippen MR) is 245 cm³/mol. The molecule has 12 nitrogen and oxygen atoms in total. The smallest absolute Gasteiger partial charge is 0.247 e. The fourth-order valence-electron chi connectivity index (χ4n) is 9.01. The number of hydrogen-bond donors (Lipinski definition) is 5. The lowest BCUT2D eigenvalue weighted by molar-refractivity contribution is -0.253. The molecule has 328 valence electrons. The number of ether oxygens (including phenoxy) is 2. The maximum atomic E-state index is 13.3. The van der Waals surface area contributed by atoms with Gasteiger partial charge in [0.05, 0.1) is 36.9 Å². The third-order valence-electron chi connectivity index (χ3n) is 12.6. The van der Waals surface area contributed by atoms with Gasteiger partial charge in [-0.05, 0) is 83.8 Å². The standard InChI is InChI=1S/C51H58N6O6/c52-44-14-7-8-15-45(44)55-48(60)17-6-2-5-16-47(59)53-32-37-10-9-11-41(30-37)38-22-24-40(25-23-38)49-62-43(31-46(63-49)39-20-18-36(34-58)19-21-39)33-56-28-26-51(27-29-56)50(61)54-35-57(51)42-12-3-1-4-13-42/h1,3-4,7-15,18-25,30,43,46,49,58H,2,5-6,16-17,26-29,31-35,52H2,(H,53,59)(H,54,61)(H,55,60)/t43-,46+,49+/m0/s1. The zero-order valence-corrected chi connectivity index (χ0v) is 35.7. The maximum Gasteiger partial charge on any atom is 0.247 e. The number of nitrogen functional groups attached to an aromatic ring is 1. The highest BCUT2D eigenvalue weighted by atomic mass is 16.7. The second-order valence-electron chi connectivity index (χ2n) is 16.9. The molecule has 3 fully saturated rings. The molecule has 0 aliphatic carbocycles. The molecule has 0 aromatic heterocycles. The van der Waals surface area contributed by atoms with E-state index < -0.39 is 11.8 Å². The molecule has 12 heteroatoms. The highest BCUT2D eigenvalue weighted by Gasteiger charge is 2.50. The van der Waals surface area contributed by atoms with Gasteiger partial charge in [0.1, 0.15) is 5.54 Å². The number of carbonyl (C=O) groups excluding carboxylic acids is 3. The van der Waals surface area contributed by atoms with E-state index in [2.05, 4.69) is 74.3 Å². The molecular formula is C51H58N6O6. The summed E-state index contributed by atoms with van der Waals surface area (Å²) >= 11 is 0. The molecule has 3 aliphatic heterocycles. The lowest BCUT2D eigenvalue weighted by Crippen LogP contribution is -2.57. The molecule has 5 aromatic carbocycles. The summed E-state index contributed by atoms with van der Waals surface area (Å²) in [7, 11) is 0. The number of unbranched alkanes of at least 4 members (excludes halogenated alkanes) is 2. The van der Waals surface area contributed by atoms with Crippen LogP contribution in [0.15, 0.2) is 127 Å². The Labute approximate surface area is 369 Å². The Balaban J connectivity index is 0.851. The van der Waals surface area contributed by atoms with Gasteiger partial charge < -0.3 is 46.1 Å². The van der Waals surface area contributed by atoms with Crippen molar-refractivity contribution in [2.45, 2.75) is 88.6 Å². The second kappa shape index (κ2) is 20.4. The third-order valence-corrected chi connectivity index (χ3v) is 12.6. The molecule has 3 saturated heterocycles. The molecule has 0 bridgehead atoms. The van der Waals surface area contributed by atoms with Crippen molar-refractivity contribution in [3.8, 4) is 11.1 Å². The summed E-state index contributed by atoms with van der Waals surface area (Å²) in [5.74, 6) is 0.0123. The summed E-state index contributed by atoms with van der Waals surface area (Å²) in [6.45, 7) is 3.21. The Morgan fingerprint density at radius 1 is 0.762 bits per heavy atom. The molecule has 3 heterocycles. The molecule has 0 saturated carbocycles. The fourth-order valence-corrected chi connectivity index (χ4v) is 9.01. The van der Waals surface area contributed by atoms with E-state index in [1.807, 2.05) is 66.7 Å². The van der Waals surface area contributed by atoms with E-state index in [0.717, 1.165) is 78.0 Å². The molecule has 0 radical (unpaired) electrons. The number of para-hydroxylation sites is 3. The van der Waals surface area contributed by atoms with Crippen LogP contribution in [0.3, 0.4) is 0 Å². The van der Waals surface area contributed by atoms with Crippen molar-refractivity contribution in [3.63, 3.8) is 0 Å². The van der Waals surface area contributed by atoms with Crippen LogP contribution in [0.1, 0.15) is 86.0 Å². The van der Waals surface area contributed by atoms with Crippen LogP contribution in [0.5, 0.6) is 0 Å². The molecule has 0 unspecified atom stereocenters. The first-order valence-corrected chi connectivity index (χ1v) is 22.2. The number of aliphatic hydroxyl groups is 1. The third kappa shape index (κ3) is 10.8. The lowest BCUT2D eigenvalue weighted by Gasteiger charge is -2.45. The van der Waals surface area contributed by atoms with Crippen LogP contribution >= 0.6 is 0 Å². The fraction of sp³-hybridized carbons (Fsp3) is 0.353. The van der Waals surface area contributed by atoms with Crippen LogP contribution in [0.4, 0.5) is 17.1 Å². The summed E-state index contributed by atoms with van der Waals surface area (Å²) in [4.78, 5) is 42.9. The van der Waals surface area contributed by atoms with E-state index in [-0.39, 0.29) is 36.5 Å². The van der Waals surface area contributed by atoms with Gasteiger partial charge in [0.25, 0.3) is 0 Å². The van der Waals surface area contributed by atoms with E-state index in [1.165, 1.54) is 0 Å². The number of rotatable bonds is 16. The van der Waals surface area contributed by atoms with Crippen LogP contribution in [0.25, 0.3) is 11.1 Å². The summed E-state index contributed by atoms with van der Waals surface area (Å²) in [6, 6.07) is 41.8. The first kappa shape index (κ1) is 43.6. The van der Waals surface area contributed by atoms with Crippen LogP contribution < -0.4 is 26.6 Å². The van der Waals surface area contributed by atoms with Crippen molar-refractivity contribution in [2.75, 3.05) is 42.3 Å². The van der Waals surface area contributed by atoms with Gasteiger partial charge in [0.15, 0.2) is 6.29 Å². The summed E-state index contributed by atoms with van der Waals surface area (Å²) in [5, 5.41) is 18.7. The van der Waals surface area contributed by atoms with E-state index in [9.17, 15) is 19.5 Å². The van der Waals surface area contributed by atoms with Crippen molar-refractivity contribution >= 4 is 34.8 Å². The minimum absolute atomic E-state index is 0.0141. The van der Waals surface area contributed by atoms with Gasteiger partial charge in [0, 0.05) is 56.7 Å².